The standard InChI is InChI=1S/C67H46N2/c1-5-19-47(20-6-1)51-39-44-66-61(45-51)60-29-15-18-32-65(60)69(66)64-31-17-14-27-57(64)50-35-33-48(34-36-50)49-37-40-55(41-38-49)68(54-25-11-4-12-26-54)56-42-43-59-58-28-13-16-30-62(58)67(63(59)46-56,52-21-7-2-8-22-52)53-23-9-3-10-24-53/h1-46H. The Morgan fingerprint density at radius 3 is 1.46 bits per heavy atom. The van der Waals surface area contributed by atoms with E-state index >= 15 is 0 Å². The predicted octanol–water partition coefficient (Wildman–Crippen LogP) is 17.6. The van der Waals surface area contributed by atoms with E-state index in [2.05, 4.69) is 289 Å². The number of fused-ring (bicyclic) bond motifs is 6. The van der Waals surface area contributed by atoms with Crippen molar-refractivity contribution in [1.82, 2.24) is 4.57 Å². The van der Waals surface area contributed by atoms with Crippen molar-refractivity contribution < 1.29 is 0 Å². The second kappa shape index (κ2) is 16.7. The molecule has 0 aliphatic heterocycles. The molecule has 1 heterocycles. The summed E-state index contributed by atoms with van der Waals surface area (Å²) >= 11 is 0. The Hall–Kier alpha value is -8.98. The highest BCUT2D eigenvalue weighted by atomic mass is 15.1. The van der Waals surface area contributed by atoms with Crippen LogP contribution in [-0.4, -0.2) is 4.57 Å². The molecule has 2 heteroatoms. The normalized spacial score (nSPS) is 12.5. The van der Waals surface area contributed by atoms with Gasteiger partial charge in [0.2, 0.25) is 0 Å². The van der Waals surface area contributed by atoms with E-state index in [1.165, 1.54) is 88.6 Å². The lowest BCUT2D eigenvalue weighted by Crippen LogP contribution is -2.28. The molecule has 0 fully saturated rings. The lowest BCUT2D eigenvalue weighted by Gasteiger charge is -2.35. The SMILES string of the molecule is c1ccc(-c2ccc3c(c2)c2ccccc2n3-c2ccccc2-c2ccc(-c3ccc(N(c4ccccc4)c4ccc5c(c4)C(c4ccccc4)(c4ccccc4)c4ccccc4-5)cc3)cc2)cc1. The summed E-state index contributed by atoms with van der Waals surface area (Å²) in [6.07, 6.45) is 0. The van der Waals surface area contributed by atoms with Gasteiger partial charge < -0.3 is 9.47 Å². The quantitative estimate of drug-likeness (QED) is 0.140. The molecule has 0 saturated heterocycles. The summed E-state index contributed by atoms with van der Waals surface area (Å²) in [5.74, 6) is 0. The van der Waals surface area contributed by atoms with Gasteiger partial charge in [0, 0.05) is 33.4 Å². The van der Waals surface area contributed by atoms with Crippen molar-refractivity contribution in [2.24, 2.45) is 0 Å². The van der Waals surface area contributed by atoms with E-state index in [4.69, 9.17) is 0 Å². The second-order valence-electron chi connectivity index (χ2n) is 18.0. The van der Waals surface area contributed by atoms with E-state index in [1.807, 2.05) is 0 Å². The first-order valence-electron chi connectivity index (χ1n) is 23.8. The summed E-state index contributed by atoms with van der Waals surface area (Å²) in [5, 5.41) is 2.50. The van der Waals surface area contributed by atoms with Crippen LogP contribution >= 0.6 is 0 Å². The first kappa shape index (κ1) is 40.3. The van der Waals surface area contributed by atoms with Crippen LogP contribution in [0.5, 0.6) is 0 Å². The van der Waals surface area contributed by atoms with Crippen LogP contribution in [0.1, 0.15) is 22.3 Å². The molecule has 1 aromatic heterocycles. The van der Waals surface area contributed by atoms with Crippen molar-refractivity contribution in [1.29, 1.82) is 0 Å². The largest absolute Gasteiger partial charge is 0.310 e. The topological polar surface area (TPSA) is 8.17 Å². The number of para-hydroxylation sites is 3. The summed E-state index contributed by atoms with van der Waals surface area (Å²) in [4.78, 5) is 2.39. The van der Waals surface area contributed by atoms with Crippen LogP contribution in [0.2, 0.25) is 0 Å². The maximum absolute atomic E-state index is 2.44. The number of rotatable bonds is 9. The minimum atomic E-state index is -0.487. The maximum Gasteiger partial charge on any atom is 0.0714 e. The molecule has 13 rings (SSSR count). The molecule has 0 N–H and O–H groups in total. The molecule has 0 bridgehead atoms. The van der Waals surface area contributed by atoms with E-state index in [-0.39, 0.29) is 0 Å². The van der Waals surface area contributed by atoms with E-state index < -0.39 is 5.41 Å². The Morgan fingerprint density at radius 2 is 0.754 bits per heavy atom. The fourth-order valence-electron chi connectivity index (χ4n) is 11.2. The number of aromatic nitrogens is 1. The van der Waals surface area contributed by atoms with E-state index in [0.717, 1.165) is 22.7 Å². The number of hydrogen-bond donors (Lipinski definition) is 0. The molecule has 0 spiro atoms. The number of nitrogens with zero attached hydrogens (tertiary/aromatic N) is 2. The van der Waals surface area contributed by atoms with Gasteiger partial charge in [0.15, 0.2) is 0 Å². The molecular weight excluding hydrogens is 833 g/mol. The van der Waals surface area contributed by atoms with Gasteiger partial charge in [-0.2, -0.15) is 0 Å². The van der Waals surface area contributed by atoms with Gasteiger partial charge in [-0.15, -0.1) is 0 Å². The molecule has 11 aromatic carbocycles. The van der Waals surface area contributed by atoms with E-state index in [1.54, 1.807) is 0 Å². The molecule has 1 aliphatic carbocycles. The van der Waals surface area contributed by atoms with Gasteiger partial charge >= 0.3 is 0 Å². The average Bonchev–Trinajstić information content (AvgIpc) is 3.92. The second-order valence-corrected chi connectivity index (χ2v) is 18.0. The Kier molecular flexibility index (Phi) is 9.77. The molecule has 0 saturated carbocycles. The van der Waals surface area contributed by atoms with Crippen LogP contribution in [0.15, 0.2) is 279 Å². The monoisotopic (exact) mass is 878 g/mol. The fraction of sp³-hybridized carbons (Fsp3) is 0.0149. The molecule has 0 radical (unpaired) electrons. The third-order valence-corrected chi connectivity index (χ3v) is 14.3. The Morgan fingerprint density at radius 1 is 0.275 bits per heavy atom. The molecular formula is C67H46N2. The van der Waals surface area contributed by atoms with Crippen molar-refractivity contribution in [3.05, 3.63) is 301 Å². The molecule has 0 atom stereocenters. The average molecular weight is 879 g/mol. The first-order chi connectivity index (χ1) is 34.2. The summed E-state index contributed by atoms with van der Waals surface area (Å²) in [6.45, 7) is 0. The van der Waals surface area contributed by atoms with Crippen molar-refractivity contribution in [2.45, 2.75) is 5.41 Å². The van der Waals surface area contributed by atoms with Gasteiger partial charge in [-0.05, 0) is 122 Å². The molecule has 69 heavy (non-hydrogen) atoms. The van der Waals surface area contributed by atoms with E-state index in [9.17, 15) is 0 Å². The van der Waals surface area contributed by atoms with Crippen molar-refractivity contribution in [2.75, 3.05) is 4.90 Å². The summed E-state index contributed by atoms with van der Waals surface area (Å²) in [7, 11) is 0. The third-order valence-electron chi connectivity index (χ3n) is 14.3. The summed E-state index contributed by atoms with van der Waals surface area (Å²) in [6, 6.07) is 102. The molecule has 0 amide bonds. The third kappa shape index (κ3) is 6.64. The number of anilines is 3. The van der Waals surface area contributed by atoms with Crippen molar-refractivity contribution in [3.63, 3.8) is 0 Å². The van der Waals surface area contributed by atoms with Crippen LogP contribution in [0.25, 0.3) is 72.0 Å². The van der Waals surface area contributed by atoms with Gasteiger partial charge in [-0.25, -0.2) is 0 Å². The summed E-state index contributed by atoms with van der Waals surface area (Å²) < 4.78 is 2.43. The number of hydrogen-bond acceptors (Lipinski definition) is 1. The van der Waals surface area contributed by atoms with Gasteiger partial charge in [-0.3, -0.25) is 0 Å². The molecule has 0 unspecified atom stereocenters. The molecule has 2 nitrogen and oxygen atoms in total. The van der Waals surface area contributed by atoms with E-state index in [0.29, 0.717) is 0 Å². The zero-order valence-corrected chi connectivity index (χ0v) is 38.0. The van der Waals surface area contributed by atoms with Gasteiger partial charge in [0.25, 0.3) is 0 Å². The minimum Gasteiger partial charge on any atom is -0.310 e. The highest BCUT2D eigenvalue weighted by Crippen LogP contribution is 2.57. The first-order valence-corrected chi connectivity index (χ1v) is 23.8. The fourth-order valence-corrected chi connectivity index (χ4v) is 11.2. The highest BCUT2D eigenvalue weighted by molar-refractivity contribution is 6.11. The Bertz CT molecular complexity index is 3760. The molecule has 1 aliphatic rings. The van der Waals surface area contributed by atoms with Crippen molar-refractivity contribution in [3.8, 4) is 50.2 Å². The minimum absolute atomic E-state index is 0.487. The summed E-state index contributed by atoms with van der Waals surface area (Å²) in [5.41, 5.74) is 21.2. The van der Waals surface area contributed by atoms with Gasteiger partial charge in [0.05, 0.1) is 22.1 Å². The Labute approximate surface area is 403 Å². The molecule has 324 valence electrons. The predicted molar refractivity (Wildman–Crippen MR) is 289 cm³/mol. The highest BCUT2D eigenvalue weighted by Gasteiger charge is 2.46. The smallest absolute Gasteiger partial charge is 0.0714 e. The Balaban J connectivity index is 0.869. The van der Waals surface area contributed by atoms with Crippen LogP contribution in [0.3, 0.4) is 0 Å². The van der Waals surface area contributed by atoms with Crippen LogP contribution in [0.4, 0.5) is 17.1 Å². The zero-order chi connectivity index (χ0) is 45.7. The number of benzene rings is 11. The van der Waals surface area contributed by atoms with Gasteiger partial charge in [-0.1, -0.05) is 218 Å². The maximum atomic E-state index is 2.44. The lowest BCUT2D eigenvalue weighted by atomic mass is 9.67. The molecule has 12 aromatic rings. The van der Waals surface area contributed by atoms with Crippen LogP contribution < -0.4 is 4.90 Å². The zero-order valence-electron chi connectivity index (χ0n) is 38.0. The van der Waals surface area contributed by atoms with Crippen LogP contribution in [-0.2, 0) is 5.41 Å². The van der Waals surface area contributed by atoms with Crippen LogP contribution in [0, 0.1) is 0 Å². The lowest BCUT2D eigenvalue weighted by molar-refractivity contribution is 0.768. The van der Waals surface area contributed by atoms with Gasteiger partial charge in [0.1, 0.15) is 0 Å². The van der Waals surface area contributed by atoms with Crippen molar-refractivity contribution >= 4 is 38.9 Å².